The maximum Gasteiger partial charge on any atom is 0.163 e. The van der Waals surface area contributed by atoms with Crippen LogP contribution in [0.15, 0.2) is 46.9 Å². The Morgan fingerprint density at radius 3 is 1.96 bits per heavy atom. The fourth-order valence-corrected chi connectivity index (χ4v) is 3.65. The van der Waals surface area contributed by atoms with Gasteiger partial charge in [-0.3, -0.25) is 9.59 Å². The molecule has 0 saturated carbocycles. The van der Waals surface area contributed by atoms with E-state index in [2.05, 4.69) is 0 Å². The zero-order valence-electron chi connectivity index (χ0n) is 14.2. The van der Waals surface area contributed by atoms with E-state index in [0.29, 0.717) is 49.8 Å². The molecule has 0 aliphatic heterocycles. The van der Waals surface area contributed by atoms with E-state index >= 15 is 0 Å². The monoisotopic (exact) mass is 342 g/mol. The number of carbonyl (C=O) groups excluding carboxylic acids is 2. The van der Waals surface area contributed by atoms with Crippen LogP contribution in [-0.2, 0) is 9.59 Å². The third kappa shape index (κ3) is 3.31. The molecule has 0 amide bonds. The van der Waals surface area contributed by atoms with Crippen molar-refractivity contribution in [1.29, 1.82) is 0 Å². The predicted molar refractivity (Wildman–Crippen MR) is 92.8 cm³/mol. The molecule has 0 heterocycles. The molecule has 1 aromatic rings. The van der Waals surface area contributed by atoms with E-state index in [1.165, 1.54) is 0 Å². The van der Waals surface area contributed by atoms with Gasteiger partial charge in [-0.1, -0.05) is 12.1 Å². The SMILES string of the molecule is COc1cccc(C(C2=C(O)CCCC2=O)C2=C(O)CCCC2=O)c1. The maximum atomic E-state index is 12.6. The minimum Gasteiger partial charge on any atom is -0.512 e. The van der Waals surface area contributed by atoms with Crippen LogP contribution in [0.25, 0.3) is 0 Å². The molecule has 0 saturated heterocycles. The molecule has 0 unspecified atom stereocenters. The standard InChI is InChI=1S/C20H22O5/c1-25-13-6-2-5-12(11-13)18(19-14(21)7-3-8-15(19)22)20-16(23)9-4-10-17(20)24/h2,5-6,11,18,21,23H,3-4,7-10H2,1H3. The number of hydrogen-bond acceptors (Lipinski definition) is 5. The van der Waals surface area contributed by atoms with Gasteiger partial charge >= 0.3 is 0 Å². The summed E-state index contributed by atoms with van der Waals surface area (Å²) in [5.41, 5.74) is 1.13. The van der Waals surface area contributed by atoms with Crippen LogP contribution in [0, 0.1) is 0 Å². The summed E-state index contributed by atoms with van der Waals surface area (Å²) in [5.74, 6) is -0.471. The van der Waals surface area contributed by atoms with Crippen molar-refractivity contribution in [3.8, 4) is 5.75 Å². The summed E-state index contributed by atoms with van der Waals surface area (Å²) in [6.07, 6.45) is 2.67. The summed E-state index contributed by atoms with van der Waals surface area (Å²) in [7, 11) is 1.54. The second-order valence-electron chi connectivity index (χ2n) is 6.48. The van der Waals surface area contributed by atoms with Crippen LogP contribution in [0.4, 0.5) is 0 Å². The summed E-state index contributed by atoms with van der Waals surface area (Å²) in [4.78, 5) is 25.1. The number of aliphatic hydroxyl groups is 2. The molecule has 25 heavy (non-hydrogen) atoms. The van der Waals surface area contributed by atoms with Gasteiger partial charge < -0.3 is 14.9 Å². The molecule has 0 radical (unpaired) electrons. The van der Waals surface area contributed by atoms with Crippen LogP contribution in [0.3, 0.4) is 0 Å². The van der Waals surface area contributed by atoms with Crippen LogP contribution < -0.4 is 4.74 Å². The highest BCUT2D eigenvalue weighted by Crippen LogP contribution is 2.42. The number of ketones is 2. The highest BCUT2D eigenvalue weighted by molar-refractivity contribution is 6.05. The first kappa shape index (κ1) is 17.3. The first-order valence-corrected chi connectivity index (χ1v) is 8.57. The van der Waals surface area contributed by atoms with Gasteiger partial charge in [0.1, 0.15) is 5.75 Å². The van der Waals surface area contributed by atoms with Gasteiger partial charge in [0.2, 0.25) is 0 Å². The predicted octanol–water partition coefficient (Wildman–Crippen LogP) is 3.91. The number of rotatable bonds is 4. The second-order valence-corrected chi connectivity index (χ2v) is 6.48. The lowest BCUT2D eigenvalue weighted by Gasteiger charge is -2.28. The van der Waals surface area contributed by atoms with E-state index in [0.717, 1.165) is 0 Å². The summed E-state index contributed by atoms with van der Waals surface area (Å²) in [6, 6.07) is 7.08. The molecular weight excluding hydrogens is 320 g/mol. The minimum absolute atomic E-state index is 0.0164. The highest BCUT2D eigenvalue weighted by Gasteiger charge is 2.37. The van der Waals surface area contributed by atoms with Crippen molar-refractivity contribution in [3.05, 3.63) is 52.5 Å². The average Bonchev–Trinajstić information content (AvgIpc) is 2.60. The highest BCUT2D eigenvalue weighted by atomic mass is 16.5. The van der Waals surface area contributed by atoms with Gasteiger partial charge in [-0.25, -0.2) is 0 Å². The Labute approximate surface area is 146 Å². The zero-order chi connectivity index (χ0) is 18.0. The Kier molecular flexibility index (Phi) is 4.93. The second kappa shape index (κ2) is 7.13. The Morgan fingerprint density at radius 1 is 0.920 bits per heavy atom. The Bertz CT molecular complexity index is 730. The number of aliphatic hydroxyl groups excluding tert-OH is 2. The zero-order valence-corrected chi connectivity index (χ0v) is 14.2. The molecule has 0 bridgehead atoms. The van der Waals surface area contributed by atoms with Crippen molar-refractivity contribution in [2.45, 2.75) is 44.4 Å². The lowest BCUT2D eigenvalue weighted by atomic mass is 9.74. The molecule has 132 valence electrons. The van der Waals surface area contributed by atoms with Crippen LogP contribution >= 0.6 is 0 Å². The normalized spacial score (nSPS) is 19.0. The molecule has 2 N–H and O–H groups in total. The molecule has 0 aromatic heterocycles. The molecular formula is C20H22O5. The molecule has 0 spiro atoms. The summed E-state index contributed by atoms with van der Waals surface area (Å²) < 4.78 is 5.26. The molecule has 1 aromatic carbocycles. The van der Waals surface area contributed by atoms with Crippen molar-refractivity contribution >= 4 is 11.6 Å². The summed E-state index contributed by atoms with van der Waals surface area (Å²) in [6.45, 7) is 0. The number of allylic oxidation sites excluding steroid dienone is 4. The quantitative estimate of drug-likeness (QED) is 0.867. The number of methoxy groups -OCH3 is 1. The fraction of sp³-hybridized carbons (Fsp3) is 0.400. The van der Waals surface area contributed by atoms with Crippen LogP contribution in [0.2, 0.25) is 0 Å². The van der Waals surface area contributed by atoms with Crippen molar-refractivity contribution in [1.82, 2.24) is 0 Å². The third-order valence-corrected chi connectivity index (χ3v) is 4.86. The number of hydrogen-bond donors (Lipinski definition) is 2. The van der Waals surface area contributed by atoms with Gasteiger partial charge in [0.25, 0.3) is 0 Å². The van der Waals surface area contributed by atoms with E-state index < -0.39 is 5.92 Å². The number of ether oxygens (including phenoxy) is 1. The van der Waals surface area contributed by atoms with Gasteiger partial charge in [0, 0.05) is 42.7 Å². The van der Waals surface area contributed by atoms with Crippen molar-refractivity contribution in [2.24, 2.45) is 0 Å². The first-order valence-electron chi connectivity index (χ1n) is 8.57. The minimum atomic E-state index is -0.754. The third-order valence-electron chi connectivity index (χ3n) is 4.86. The van der Waals surface area contributed by atoms with Gasteiger partial charge in [-0.15, -0.1) is 0 Å². The van der Waals surface area contributed by atoms with Crippen molar-refractivity contribution < 1.29 is 24.5 Å². The molecule has 2 aliphatic carbocycles. The molecule has 5 nitrogen and oxygen atoms in total. The van der Waals surface area contributed by atoms with Crippen LogP contribution in [-0.4, -0.2) is 28.9 Å². The fourth-order valence-electron chi connectivity index (χ4n) is 3.65. The summed E-state index contributed by atoms with van der Waals surface area (Å²) >= 11 is 0. The Balaban J connectivity index is 2.21. The first-order chi connectivity index (χ1) is 12.0. The van der Waals surface area contributed by atoms with Gasteiger partial charge in [-0.2, -0.15) is 0 Å². The topological polar surface area (TPSA) is 83.8 Å². The van der Waals surface area contributed by atoms with Gasteiger partial charge in [-0.05, 0) is 30.5 Å². The van der Waals surface area contributed by atoms with Gasteiger partial charge in [0.15, 0.2) is 11.6 Å². The molecule has 2 aliphatic rings. The molecule has 3 rings (SSSR count). The lowest BCUT2D eigenvalue weighted by molar-refractivity contribution is -0.117. The van der Waals surface area contributed by atoms with E-state index in [1.807, 2.05) is 0 Å². The number of Topliss-reactive ketones (excluding diaryl/α,β-unsaturated/α-hetero) is 2. The smallest absolute Gasteiger partial charge is 0.163 e. The van der Waals surface area contributed by atoms with Gasteiger partial charge in [0.05, 0.1) is 18.6 Å². The van der Waals surface area contributed by atoms with E-state index in [-0.39, 0.29) is 34.2 Å². The van der Waals surface area contributed by atoms with Crippen LogP contribution in [0.1, 0.15) is 50.0 Å². The van der Waals surface area contributed by atoms with Crippen molar-refractivity contribution in [3.63, 3.8) is 0 Å². The number of carbonyl (C=O) groups is 2. The Hall–Kier alpha value is -2.56. The average molecular weight is 342 g/mol. The van der Waals surface area contributed by atoms with E-state index in [9.17, 15) is 19.8 Å². The number of benzene rings is 1. The van der Waals surface area contributed by atoms with Crippen molar-refractivity contribution in [2.75, 3.05) is 7.11 Å². The Morgan fingerprint density at radius 2 is 1.48 bits per heavy atom. The lowest BCUT2D eigenvalue weighted by Crippen LogP contribution is -2.25. The maximum absolute atomic E-state index is 12.6. The largest absolute Gasteiger partial charge is 0.512 e. The van der Waals surface area contributed by atoms with E-state index in [4.69, 9.17) is 4.74 Å². The molecule has 0 atom stereocenters. The van der Waals surface area contributed by atoms with E-state index in [1.54, 1.807) is 31.4 Å². The molecule has 5 heteroatoms. The molecule has 0 fully saturated rings. The summed E-state index contributed by atoms with van der Waals surface area (Å²) in [5, 5.41) is 20.8. The van der Waals surface area contributed by atoms with Crippen LogP contribution in [0.5, 0.6) is 5.75 Å².